The largest absolute Gasteiger partial charge is 0.463 e. The lowest BCUT2D eigenvalue weighted by Gasteiger charge is -2.30. The Kier molecular flexibility index (Phi) is 11.8. The molecule has 1 unspecified atom stereocenters. The maximum absolute atomic E-state index is 16.9. The fourth-order valence-electron chi connectivity index (χ4n) is 10.1. The lowest BCUT2D eigenvalue weighted by atomic mass is 10.0. The molecule has 3 aliphatic rings. The van der Waals surface area contributed by atoms with Crippen LogP contribution >= 0.6 is 0 Å². The number of aromatic amines is 2. The van der Waals surface area contributed by atoms with Crippen molar-refractivity contribution in [1.29, 1.82) is 0 Å². The molecule has 5 aromatic heterocycles. The molecule has 2 aromatic carbocycles. The number of carbonyl (C=O) groups excluding carboxylic acids is 4. The number of rotatable bonds is 11. The number of carbonyl (C=O) groups is 4. The first kappa shape index (κ1) is 45.1. The molecular weight excluding hydrogens is 886 g/mol. The Morgan fingerprint density at radius 3 is 1.97 bits per heavy atom. The monoisotopic (exact) mass is 939 g/mol. The minimum atomic E-state index is -0.782. The summed E-state index contributed by atoms with van der Waals surface area (Å²) in [5.41, 5.74) is 5.67. The predicted octanol–water partition coefficient (Wildman–Crippen LogP) is 7.90. The van der Waals surface area contributed by atoms with E-state index in [4.69, 9.17) is 29.2 Å². The highest BCUT2D eigenvalue weighted by atomic mass is 19.1. The Labute approximate surface area is 396 Å². The van der Waals surface area contributed by atoms with Crippen LogP contribution in [0.3, 0.4) is 0 Å². The zero-order valence-electron chi connectivity index (χ0n) is 39.2. The Bertz CT molecular complexity index is 3080. The Hall–Kier alpha value is -7.70. The quantitative estimate of drug-likeness (QED) is 0.0986. The lowest BCUT2D eigenvalue weighted by molar-refractivity contribution is -0.136. The highest BCUT2D eigenvalue weighted by Gasteiger charge is 2.40. The van der Waals surface area contributed by atoms with Gasteiger partial charge in [-0.2, -0.15) is 0 Å². The van der Waals surface area contributed by atoms with E-state index in [1.807, 2.05) is 91.5 Å². The van der Waals surface area contributed by atoms with Gasteiger partial charge in [0.1, 0.15) is 46.6 Å². The Morgan fingerprint density at radius 1 is 0.783 bits per heavy atom. The molecule has 69 heavy (non-hydrogen) atoms. The molecule has 2 saturated heterocycles. The number of nitrogens with zero attached hydrogens (tertiary/aromatic N) is 7. The second-order valence-corrected chi connectivity index (χ2v) is 18.6. The average Bonchev–Trinajstić information content (AvgIpc) is 4.21. The Balaban J connectivity index is 0.979. The maximum atomic E-state index is 16.9. The van der Waals surface area contributed by atoms with Crippen LogP contribution in [0.15, 0.2) is 79.4 Å². The van der Waals surface area contributed by atoms with Crippen LogP contribution in [-0.2, 0) is 19.1 Å². The SMILES string of the molecule is COC(=O)N[C@H](C(=O)N1CCC[C@H]1c1ncc(-c2cc(F)c3c(c2)OC(c2cn4ccccc4n2)n2c-3cc3cc(-c4cnc([C@@H]5CCCN5C(=O)[C@@H](NC(=O)OC)C(C)C)[nH]4)ccc32)[nH]1)C(C)C. The summed E-state index contributed by atoms with van der Waals surface area (Å²) in [5.74, 6) is 0.255. The van der Waals surface area contributed by atoms with Gasteiger partial charge in [0.2, 0.25) is 18.0 Å². The van der Waals surface area contributed by atoms with Crippen LogP contribution in [0.1, 0.15) is 89.0 Å². The molecule has 8 heterocycles. The lowest BCUT2D eigenvalue weighted by Crippen LogP contribution is -2.51. The molecule has 7 aromatic rings. The molecule has 5 atom stereocenters. The molecule has 18 nitrogen and oxygen atoms in total. The third kappa shape index (κ3) is 8.18. The van der Waals surface area contributed by atoms with E-state index in [2.05, 4.69) is 20.6 Å². The molecule has 0 saturated carbocycles. The van der Waals surface area contributed by atoms with Crippen LogP contribution < -0.4 is 15.4 Å². The number of methoxy groups -OCH3 is 2. The number of benzene rings is 2. The number of amides is 4. The van der Waals surface area contributed by atoms with Crippen LogP contribution in [0.4, 0.5) is 14.0 Å². The summed E-state index contributed by atoms with van der Waals surface area (Å²) >= 11 is 0. The number of aromatic nitrogens is 7. The van der Waals surface area contributed by atoms with Crippen molar-refractivity contribution in [2.24, 2.45) is 11.8 Å². The summed E-state index contributed by atoms with van der Waals surface area (Å²) in [7, 11) is 2.54. The number of imidazole rings is 3. The van der Waals surface area contributed by atoms with Gasteiger partial charge in [-0.3, -0.25) is 14.2 Å². The van der Waals surface area contributed by atoms with Crippen molar-refractivity contribution >= 4 is 40.6 Å². The molecule has 4 N–H and O–H groups in total. The number of hydrogen-bond donors (Lipinski definition) is 4. The number of pyridine rings is 1. The number of halogens is 1. The second kappa shape index (κ2) is 18.1. The molecule has 0 aliphatic carbocycles. The van der Waals surface area contributed by atoms with Crippen LogP contribution in [0.2, 0.25) is 0 Å². The number of likely N-dealkylation sites (tertiary alicyclic amines) is 2. The topological polar surface area (TPSA) is 206 Å². The summed E-state index contributed by atoms with van der Waals surface area (Å²) in [6.45, 7) is 8.52. The van der Waals surface area contributed by atoms with E-state index in [0.717, 1.165) is 40.6 Å². The van der Waals surface area contributed by atoms with Gasteiger partial charge in [-0.05, 0) is 80.0 Å². The van der Waals surface area contributed by atoms with Gasteiger partial charge in [0, 0.05) is 42.0 Å². The highest BCUT2D eigenvalue weighted by molar-refractivity contribution is 5.93. The standard InChI is InChI=1S/C50H54FN11O7/c1-26(2)42(57-49(65)67-5)46(63)60-17-9-11-36(60)44-52-23-32(55-44)28-14-15-35-30(19-28)21-38-41-31(51)20-29(22-39(41)69-48(62(35)38)34-25-59-16-8-7-13-40(59)54-34)33-24-53-45(56-33)37-12-10-18-61(37)47(64)43(27(3)4)58-50(66)68-6/h7-8,13-16,19-27,36-37,42-43,48H,9-12,17-18H2,1-6H3,(H,52,55)(H,53,56)(H,57,65)(H,58,66)/t36-,37-,42-,43-,48?/m0/s1. The second-order valence-electron chi connectivity index (χ2n) is 18.6. The summed E-state index contributed by atoms with van der Waals surface area (Å²) < 4.78 is 37.2. The molecule has 358 valence electrons. The van der Waals surface area contributed by atoms with Crippen molar-refractivity contribution in [3.05, 3.63) is 103 Å². The van der Waals surface area contributed by atoms with Gasteiger partial charge in [-0.1, -0.05) is 39.8 Å². The number of alkyl carbamates (subject to hydrolysis) is 2. The maximum Gasteiger partial charge on any atom is 0.407 e. The molecule has 0 bridgehead atoms. The first-order valence-electron chi connectivity index (χ1n) is 23.3. The first-order chi connectivity index (χ1) is 33.3. The molecule has 3 aliphatic heterocycles. The van der Waals surface area contributed by atoms with Gasteiger partial charge in [0.15, 0.2) is 0 Å². The van der Waals surface area contributed by atoms with Crippen molar-refractivity contribution in [2.45, 2.75) is 83.8 Å². The fourth-order valence-corrected chi connectivity index (χ4v) is 10.1. The van der Waals surface area contributed by atoms with Crippen molar-refractivity contribution in [1.82, 2.24) is 54.3 Å². The number of hydrogen-bond acceptors (Lipinski definition) is 10. The van der Waals surface area contributed by atoms with Gasteiger partial charge in [-0.25, -0.2) is 28.9 Å². The molecule has 0 radical (unpaired) electrons. The van der Waals surface area contributed by atoms with E-state index in [1.165, 1.54) is 20.3 Å². The van der Waals surface area contributed by atoms with Crippen LogP contribution in [0, 0.1) is 17.7 Å². The van der Waals surface area contributed by atoms with Crippen LogP contribution in [-0.4, -0.2) is 107 Å². The van der Waals surface area contributed by atoms with E-state index in [9.17, 15) is 19.2 Å². The summed E-state index contributed by atoms with van der Waals surface area (Å²) in [6.07, 6.45) is 8.01. The summed E-state index contributed by atoms with van der Waals surface area (Å²) in [5, 5.41) is 6.21. The van der Waals surface area contributed by atoms with Crippen molar-refractivity contribution in [3.63, 3.8) is 0 Å². The zero-order chi connectivity index (χ0) is 48.2. The van der Waals surface area contributed by atoms with Gasteiger partial charge in [0.05, 0.1) is 66.9 Å². The minimum absolute atomic E-state index is 0.161. The third-order valence-corrected chi connectivity index (χ3v) is 13.6. The smallest absolute Gasteiger partial charge is 0.407 e. The normalized spacial score (nSPS) is 18.6. The molecule has 10 rings (SSSR count). The van der Waals surface area contributed by atoms with Crippen LogP contribution in [0.5, 0.6) is 5.75 Å². The van der Waals surface area contributed by atoms with Crippen molar-refractivity contribution in [2.75, 3.05) is 27.3 Å². The average molecular weight is 940 g/mol. The van der Waals surface area contributed by atoms with Crippen molar-refractivity contribution in [3.8, 4) is 39.5 Å². The number of nitrogens with one attached hydrogen (secondary N) is 4. The van der Waals surface area contributed by atoms with Crippen LogP contribution in [0.25, 0.3) is 50.3 Å². The zero-order valence-corrected chi connectivity index (χ0v) is 39.2. The van der Waals surface area contributed by atoms with E-state index in [0.29, 0.717) is 66.0 Å². The summed E-state index contributed by atoms with van der Waals surface area (Å²) in [6, 6.07) is 14.7. The van der Waals surface area contributed by atoms with E-state index in [-0.39, 0.29) is 41.3 Å². The number of H-pyrrole nitrogens is 2. The fraction of sp³-hybridized carbons (Fsp3) is 0.380. The number of fused-ring (bicyclic) bond motifs is 6. The van der Waals surface area contributed by atoms with E-state index < -0.39 is 36.3 Å². The predicted molar refractivity (Wildman–Crippen MR) is 252 cm³/mol. The highest BCUT2D eigenvalue weighted by Crippen LogP contribution is 2.47. The molecule has 0 spiro atoms. The van der Waals surface area contributed by atoms with E-state index in [1.54, 1.807) is 28.3 Å². The number of ether oxygens (including phenoxy) is 3. The molecule has 2 fully saturated rings. The first-order valence-corrected chi connectivity index (χ1v) is 23.3. The van der Waals surface area contributed by atoms with Gasteiger partial charge < -0.3 is 49.0 Å². The minimum Gasteiger partial charge on any atom is -0.463 e. The van der Waals surface area contributed by atoms with Gasteiger partial charge >= 0.3 is 12.2 Å². The van der Waals surface area contributed by atoms with Crippen molar-refractivity contribution < 1.29 is 37.8 Å². The third-order valence-electron chi connectivity index (χ3n) is 13.6. The Morgan fingerprint density at radius 2 is 1.39 bits per heavy atom. The molecule has 4 amide bonds. The molecule has 19 heteroatoms. The summed E-state index contributed by atoms with van der Waals surface area (Å²) in [4.78, 5) is 76.7. The van der Waals surface area contributed by atoms with E-state index >= 15 is 4.39 Å². The van der Waals surface area contributed by atoms with Gasteiger partial charge in [-0.15, -0.1) is 0 Å². The van der Waals surface area contributed by atoms with Gasteiger partial charge in [0.25, 0.3) is 0 Å². The molecular formula is C50H54FN11O7.